The predicted molar refractivity (Wildman–Crippen MR) is 71.9 cm³/mol. The van der Waals surface area contributed by atoms with Gasteiger partial charge in [-0.15, -0.1) is 0 Å². The third-order valence-corrected chi connectivity index (χ3v) is 2.83. The van der Waals surface area contributed by atoms with Gasteiger partial charge in [-0.3, -0.25) is 0 Å². The minimum atomic E-state index is 0.510. The topological polar surface area (TPSA) is 43.8 Å². The molecule has 1 aromatic carbocycles. The van der Waals surface area contributed by atoms with E-state index in [1.54, 1.807) is 0 Å². The van der Waals surface area contributed by atoms with Crippen molar-refractivity contribution in [2.75, 3.05) is 5.73 Å². The van der Waals surface area contributed by atoms with Crippen molar-refractivity contribution < 1.29 is 0 Å². The van der Waals surface area contributed by atoms with Crippen LogP contribution < -0.4 is 5.73 Å². The van der Waals surface area contributed by atoms with E-state index in [0.29, 0.717) is 16.8 Å². The fourth-order valence-corrected chi connectivity index (χ4v) is 1.96. The number of anilines is 1. The SMILES string of the molecule is CC(C)Cn1nc(-c2ccccc2Cl)cc1N. The van der Waals surface area contributed by atoms with E-state index in [-0.39, 0.29) is 0 Å². The van der Waals surface area contributed by atoms with Gasteiger partial charge in [0.1, 0.15) is 5.82 Å². The molecule has 0 aliphatic carbocycles. The summed E-state index contributed by atoms with van der Waals surface area (Å²) in [6.07, 6.45) is 0. The summed E-state index contributed by atoms with van der Waals surface area (Å²) in [6, 6.07) is 9.52. The smallest absolute Gasteiger partial charge is 0.122 e. The van der Waals surface area contributed by atoms with Crippen molar-refractivity contribution in [1.29, 1.82) is 0 Å². The van der Waals surface area contributed by atoms with Gasteiger partial charge in [0.25, 0.3) is 0 Å². The normalized spacial score (nSPS) is 11.1. The lowest BCUT2D eigenvalue weighted by Crippen LogP contribution is -2.09. The van der Waals surface area contributed by atoms with Gasteiger partial charge in [0.05, 0.1) is 10.7 Å². The van der Waals surface area contributed by atoms with Gasteiger partial charge in [-0.1, -0.05) is 43.6 Å². The van der Waals surface area contributed by atoms with Crippen LogP contribution in [0.2, 0.25) is 5.02 Å². The molecule has 90 valence electrons. The van der Waals surface area contributed by atoms with Crippen LogP contribution in [-0.4, -0.2) is 9.78 Å². The molecule has 17 heavy (non-hydrogen) atoms. The van der Waals surface area contributed by atoms with Crippen LogP contribution in [0.4, 0.5) is 5.82 Å². The molecule has 3 nitrogen and oxygen atoms in total. The van der Waals surface area contributed by atoms with Crippen LogP contribution in [0.5, 0.6) is 0 Å². The van der Waals surface area contributed by atoms with Gasteiger partial charge in [-0.25, -0.2) is 4.68 Å². The van der Waals surface area contributed by atoms with Gasteiger partial charge >= 0.3 is 0 Å². The number of benzene rings is 1. The van der Waals surface area contributed by atoms with E-state index in [4.69, 9.17) is 17.3 Å². The van der Waals surface area contributed by atoms with Gasteiger partial charge in [0.15, 0.2) is 0 Å². The first-order valence-electron chi connectivity index (χ1n) is 5.66. The number of nitrogen functional groups attached to an aromatic ring is 1. The molecule has 0 amide bonds. The molecule has 0 unspecified atom stereocenters. The second-order valence-corrected chi connectivity index (χ2v) is 4.92. The van der Waals surface area contributed by atoms with Crippen LogP contribution >= 0.6 is 11.6 Å². The number of nitrogens with zero attached hydrogens (tertiary/aromatic N) is 2. The quantitative estimate of drug-likeness (QED) is 0.906. The molecule has 0 aliphatic rings. The van der Waals surface area contributed by atoms with E-state index >= 15 is 0 Å². The van der Waals surface area contributed by atoms with Crippen molar-refractivity contribution in [1.82, 2.24) is 9.78 Å². The highest BCUT2D eigenvalue weighted by Gasteiger charge is 2.10. The Labute approximate surface area is 106 Å². The summed E-state index contributed by atoms with van der Waals surface area (Å²) in [5.41, 5.74) is 7.68. The Morgan fingerprint density at radius 3 is 2.71 bits per heavy atom. The fourth-order valence-electron chi connectivity index (χ4n) is 1.72. The summed E-state index contributed by atoms with van der Waals surface area (Å²) in [5.74, 6) is 1.19. The van der Waals surface area contributed by atoms with E-state index in [9.17, 15) is 0 Å². The van der Waals surface area contributed by atoms with E-state index < -0.39 is 0 Å². The zero-order valence-electron chi connectivity index (χ0n) is 10.0. The lowest BCUT2D eigenvalue weighted by molar-refractivity contribution is 0.489. The Bertz CT molecular complexity index is 517. The summed E-state index contributed by atoms with van der Waals surface area (Å²) in [7, 11) is 0. The van der Waals surface area contributed by atoms with Crippen LogP contribution in [-0.2, 0) is 6.54 Å². The van der Waals surface area contributed by atoms with Crippen molar-refractivity contribution in [3.63, 3.8) is 0 Å². The number of aromatic nitrogens is 2. The molecule has 1 aromatic heterocycles. The fraction of sp³-hybridized carbons (Fsp3) is 0.308. The summed E-state index contributed by atoms with van der Waals surface area (Å²) < 4.78 is 1.82. The summed E-state index contributed by atoms with van der Waals surface area (Å²) >= 11 is 6.14. The largest absolute Gasteiger partial charge is 0.384 e. The number of hydrogen-bond donors (Lipinski definition) is 1. The standard InChI is InChI=1S/C13H16ClN3/c1-9(2)8-17-13(15)7-12(16-17)10-5-3-4-6-11(10)14/h3-7,9H,8,15H2,1-2H3. The van der Waals surface area contributed by atoms with Crippen molar-refractivity contribution in [3.8, 4) is 11.3 Å². The molecule has 0 radical (unpaired) electrons. The van der Waals surface area contributed by atoms with Crippen molar-refractivity contribution in [3.05, 3.63) is 35.4 Å². The molecule has 0 fully saturated rings. The number of rotatable bonds is 3. The molecular weight excluding hydrogens is 234 g/mol. The Hall–Kier alpha value is -1.48. The zero-order valence-corrected chi connectivity index (χ0v) is 10.8. The van der Waals surface area contributed by atoms with Crippen molar-refractivity contribution >= 4 is 17.4 Å². The number of nitrogens with two attached hydrogens (primary N) is 1. The number of hydrogen-bond acceptors (Lipinski definition) is 2. The third-order valence-electron chi connectivity index (χ3n) is 2.50. The van der Waals surface area contributed by atoms with E-state index in [1.165, 1.54) is 0 Å². The first-order chi connectivity index (χ1) is 8.08. The Kier molecular flexibility index (Phi) is 3.38. The molecule has 0 saturated carbocycles. The van der Waals surface area contributed by atoms with Gasteiger partial charge < -0.3 is 5.73 Å². The average Bonchev–Trinajstić information content (AvgIpc) is 2.60. The van der Waals surface area contributed by atoms with E-state index in [0.717, 1.165) is 17.8 Å². The molecular formula is C13H16ClN3. The highest BCUT2D eigenvalue weighted by atomic mass is 35.5. The molecule has 0 saturated heterocycles. The summed E-state index contributed by atoms with van der Waals surface area (Å²) in [4.78, 5) is 0. The zero-order chi connectivity index (χ0) is 12.4. The van der Waals surface area contributed by atoms with Crippen LogP contribution in [0.25, 0.3) is 11.3 Å². The van der Waals surface area contributed by atoms with Gasteiger partial charge in [0.2, 0.25) is 0 Å². The van der Waals surface area contributed by atoms with Gasteiger partial charge in [0, 0.05) is 18.2 Å². The molecule has 0 spiro atoms. The Morgan fingerprint density at radius 1 is 1.35 bits per heavy atom. The lowest BCUT2D eigenvalue weighted by Gasteiger charge is -2.06. The molecule has 0 aliphatic heterocycles. The molecule has 4 heteroatoms. The maximum Gasteiger partial charge on any atom is 0.122 e. The van der Waals surface area contributed by atoms with Crippen molar-refractivity contribution in [2.24, 2.45) is 5.92 Å². The second-order valence-electron chi connectivity index (χ2n) is 4.51. The molecule has 0 bridgehead atoms. The molecule has 2 N–H and O–H groups in total. The first kappa shape index (κ1) is 12.0. The molecule has 0 atom stereocenters. The van der Waals surface area contributed by atoms with Crippen LogP contribution in [0.3, 0.4) is 0 Å². The van der Waals surface area contributed by atoms with E-state index in [2.05, 4.69) is 18.9 Å². The Balaban J connectivity index is 2.38. The van der Waals surface area contributed by atoms with Crippen molar-refractivity contribution in [2.45, 2.75) is 20.4 Å². The lowest BCUT2D eigenvalue weighted by atomic mass is 10.1. The minimum Gasteiger partial charge on any atom is -0.384 e. The third kappa shape index (κ3) is 2.61. The van der Waals surface area contributed by atoms with E-state index in [1.807, 2.05) is 35.0 Å². The monoisotopic (exact) mass is 249 g/mol. The average molecular weight is 250 g/mol. The first-order valence-corrected chi connectivity index (χ1v) is 6.04. The predicted octanol–water partition coefficient (Wildman–Crippen LogP) is 3.44. The number of halogens is 1. The van der Waals surface area contributed by atoms with Gasteiger partial charge in [-0.05, 0) is 12.0 Å². The van der Waals surface area contributed by atoms with Crippen LogP contribution in [0.15, 0.2) is 30.3 Å². The minimum absolute atomic E-state index is 0.510. The molecule has 2 rings (SSSR count). The second kappa shape index (κ2) is 4.80. The summed E-state index contributed by atoms with van der Waals surface area (Å²) in [6.45, 7) is 5.09. The maximum absolute atomic E-state index is 6.14. The summed E-state index contributed by atoms with van der Waals surface area (Å²) in [5, 5.41) is 5.18. The van der Waals surface area contributed by atoms with Crippen LogP contribution in [0, 0.1) is 5.92 Å². The highest BCUT2D eigenvalue weighted by Crippen LogP contribution is 2.27. The molecule has 2 aromatic rings. The highest BCUT2D eigenvalue weighted by molar-refractivity contribution is 6.33. The van der Waals surface area contributed by atoms with Crippen LogP contribution in [0.1, 0.15) is 13.8 Å². The Morgan fingerprint density at radius 2 is 2.06 bits per heavy atom. The molecule has 1 heterocycles. The maximum atomic E-state index is 6.14. The van der Waals surface area contributed by atoms with Gasteiger partial charge in [-0.2, -0.15) is 5.10 Å².